The summed E-state index contributed by atoms with van der Waals surface area (Å²) in [6.45, 7) is 2.89. The van der Waals surface area contributed by atoms with Gasteiger partial charge in [-0.25, -0.2) is 0 Å². The van der Waals surface area contributed by atoms with E-state index in [1.54, 1.807) is 66.5 Å². The van der Waals surface area contributed by atoms with Gasteiger partial charge in [-0.3, -0.25) is 14.3 Å². The van der Waals surface area contributed by atoms with Crippen LogP contribution in [0.1, 0.15) is 38.9 Å². The lowest BCUT2D eigenvalue weighted by atomic mass is 9.97. The number of carbonyl (C=O) groups is 2. The molecule has 0 N–H and O–H groups in total. The van der Waals surface area contributed by atoms with Crippen LogP contribution in [-0.2, 0) is 13.1 Å². The van der Waals surface area contributed by atoms with Gasteiger partial charge in [0.05, 0.1) is 17.1 Å². The molecule has 28 heavy (non-hydrogen) atoms. The van der Waals surface area contributed by atoms with Gasteiger partial charge in [0.25, 0.3) is 5.91 Å². The molecule has 0 aliphatic carbocycles. The Morgan fingerprint density at radius 3 is 2.29 bits per heavy atom. The molecule has 3 rings (SSSR count). The summed E-state index contributed by atoms with van der Waals surface area (Å²) < 4.78 is 1.72. The third kappa shape index (κ3) is 4.26. The van der Waals surface area contributed by atoms with Crippen molar-refractivity contribution in [2.75, 3.05) is 7.05 Å². The van der Waals surface area contributed by atoms with Crippen LogP contribution in [0.2, 0.25) is 10.0 Å². The number of nitrogens with zero attached hydrogens (tertiary/aromatic N) is 3. The minimum absolute atomic E-state index is 0.234. The summed E-state index contributed by atoms with van der Waals surface area (Å²) in [6, 6.07) is 13.4. The standard InChI is InChI=1S/C21H19Cl2N3O2/c1-3-26-12-18(23)19(24-26)13-25(2)21(28)17-7-5-4-6-16(17)20(27)14-8-10-15(22)11-9-14/h4-12H,3,13H2,1-2H3. The van der Waals surface area contributed by atoms with E-state index in [1.165, 1.54) is 4.90 Å². The topological polar surface area (TPSA) is 55.2 Å². The first-order valence-corrected chi connectivity index (χ1v) is 9.53. The lowest BCUT2D eigenvalue weighted by molar-refractivity contribution is 0.0778. The van der Waals surface area contributed by atoms with E-state index in [0.717, 1.165) is 0 Å². The number of aryl methyl sites for hydroxylation is 1. The van der Waals surface area contributed by atoms with Crippen molar-refractivity contribution >= 4 is 34.9 Å². The highest BCUT2D eigenvalue weighted by Gasteiger charge is 2.22. The number of aromatic nitrogens is 2. The lowest BCUT2D eigenvalue weighted by Gasteiger charge is -2.18. The zero-order valence-electron chi connectivity index (χ0n) is 15.5. The molecule has 1 aromatic heterocycles. The fourth-order valence-corrected chi connectivity index (χ4v) is 3.17. The van der Waals surface area contributed by atoms with Crippen LogP contribution in [0.25, 0.3) is 0 Å². The first kappa shape index (κ1) is 20.1. The molecule has 0 saturated heterocycles. The molecule has 5 nitrogen and oxygen atoms in total. The van der Waals surface area contributed by atoms with Crippen LogP contribution in [0.4, 0.5) is 0 Å². The first-order chi connectivity index (χ1) is 13.4. The van der Waals surface area contributed by atoms with Crippen molar-refractivity contribution in [1.29, 1.82) is 0 Å². The van der Waals surface area contributed by atoms with E-state index >= 15 is 0 Å². The Morgan fingerprint density at radius 2 is 1.68 bits per heavy atom. The molecule has 0 bridgehead atoms. The molecule has 0 unspecified atom stereocenters. The van der Waals surface area contributed by atoms with Crippen LogP contribution < -0.4 is 0 Å². The molecule has 0 aliphatic rings. The summed E-state index contributed by atoms with van der Waals surface area (Å²) >= 11 is 12.1. The van der Waals surface area contributed by atoms with E-state index in [9.17, 15) is 9.59 Å². The average Bonchev–Trinajstić information content (AvgIpc) is 3.07. The second-order valence-electron chi connectivity index (χ2n) is 6.32. The molecule has 1 amide bonds. The highest BCUT2D eigenvalue weighted by Crippen LogP contribution is 2.20. The van der Waals surface area contributed by atoms with Gasteiger partial charge in [-0.15, -0.1) is 0 Å². The minimum Gasteiger partial charge on any atom is -0.336 e. The van der Waals surface area contributed by atoms with Gasteiger partial charge in [-0.05, 0) is 37.3 Å². The Hall–Kier alpha value is -2.63. The first-order valence-electron chi connectivity index (χ1n) is 8.77. The van der Waals surface area contributed by atoms with Gasteiger partial charge in [0, 0.05) is 35.9 Å². The predicted octanol–water partition coefficient (Wildman–Crippen LogP) is 4.71. The molecule has 0 radical (unpaired) electrons. The Kier molecular flexibility index (Phi) is 6.17. The van der Waals surface area contributed by atoms with Gasteiger partial charge in [-0.2, -0.15) is 5.10 Å². The number of amides is 1. The van der Waals surface area contributed by atoms with Gasteiger partial charge in [-0.1, -0.05) is 41.4 Å². The van der Waals surface area contributed by atoms with Crippen LogP contribution in [0, 0.1) is 0 Å². The number of benzene rings is 2. The van der Waals surface area contributed by atoms with Crippen LogP contribution in [-0.4, -0.2) is 33.4 Å². The van der Waals surface area contributed by atoms with Gasteiger partial charge in [0.2, 0.25) is 0 Å². The Balaban J connectivity index is 1.86. The number of rotatable bonds is 6. The number of ketones is 1. The second-order valence-corrected chi connectivity index (χ2v) is 7.17. The molecule has 3 aromatic rings. The zero-order valence-corrected chi connectivity index (χ0v) is 17.0. The summed E-state index contributed by atoms with van der Waals surface area (Å²) in [5.41, 5.74) is 1.75. The van der Waals surface area contributed by atoms with Gasteiger partial charge in [0.1, 0.15) is 5.69 Å². The Morgan fingerprint density at radius 1 is 1.04 bits per heavy atom. The van der Waals surface area contributed by atoms with E-state index in [1.807, 2.05) is 6.92 Å². The van der Waals surface area contributed by atoms with Crippen molar-refractivity contribution in [3.8, 4) is 0 Å². The second kappa shape index (κ2) is 8.59. The molecule has 0 saturated carbocycles. The van der Waals surface area contributed by atoms with E-state index in [4.69, 9.17) is 23.2 Å². The minimum atomic E-state index is -0.278. The van der Waals surface area contributed by atoms with Crippen molar-refractivity contribution in [1.82, 2.24) is 14.7 Å². The molecule has 0 aliphatic heterocycles. The van der Waals surface area contributed by atoms with Crippen molar-refractivity contribution in [3.63, 3.8) is 0 Å². The summed E-state index contributed by atoms with van der Waals surface area (Å²) in [5, 5.41) is 5.42. The summed E-state index contributed by atoms with van der Waals surface area (Å²) in [7, 11) is 1.66. The zero-order chi connectivity index (χ0) is 20.3. The fraction of sp³-hybridized carbons (Fsp3) is 0.190. The molecule has 2 aromatic carbocycles. The molecule has 144 valence electrons. The van der Waals surface area contributed by atoms with Crippen LogP contribution in [0.15, 0.2) is 54.7 Å². The quantitative estimate of drug-likeness (QED) is 0.547. The molecule has 1 heterocycles. The smallest absolute Gasteiger partial charge is 0.254 e. The van der Waals surface area contributed by atoms with E-state index in [0.29, 0.717) is 39.0 Å². The molecule has 0 fully saturated rings. The number of halogens is 2. The fourth-order valence-electron chi connectivity index (χ4n) is 2.83. The maximum Gasteiger partial charge on any atom is 0.254 e. The monoisotopic (exact) mass is 415 g/mol. The summed E-state index contributed by atoms with van der Waals surface area (Å²) in [4.78, 5) is 27.4. The maximum atomic E-state index is 13.0. The van der Waals surface area contributed by atoms with Gasteiger partial charge < -0.3 is 4.90 Å². The van der Waals surface area contributed by atoms with E-state index in [-0.39, 0.29) is 18.2 Å². The maximum absolute atomic E-state index is 13.0. The summed E-state index contributed by atoms with van der Waals surface area (Å²) in [5.74, 6) is -0.512. The summed E-state index contributed by atoms with van der Waals surface area (Å²) in [6.07, 6.45) is 1.73. The molecule has 0 atom stereocenters. The van der Waals surface area contributed by atoms with Crippen molar-refractivity contribution in [2.45, 2.75) is 20.0 Å². The van der Waals surface area contributed by atoms with Crippen molar-refractivity contribution in [3.05, 3.63) is 87.2 Å². The molecular weight excluding hydrogens is 397 g/mol. The van der Waals surface area contributed by atoms with Crippen LogP contribution >= 0.6 is 23.2 Å². The highest BCUT2D eigenvalue weighted by molar-refractivity contribution is 6.31. The highest BCUT2D eigenvalue weighted by atomic mass is 35.5. The number of hydrogen-bond acceptors (Lipinski definition) is 3. The van der Waals surface area contributed by atoms with Crippen LogP contribution in [0.5, 0.6) is 0 Å². The van der Waals surface area contributed by atoms with Crippen molar-refractivity contribution < 1.29 is 9.59 Å². The Bertz CT molecular complexity index is 1010. The van der Waals surface area contributed by atoms with Gasteiger partial charge in [0.15, 0.2) is 5.78 Å². The van der Waals surface area contributed by atoms with Crippen LogP contribution in [0.3, 0.4) is 0 Å². The third-order valence-electron chi connectivity index (χ3n) is 4.35. The largest absolute Gasteiger partial charge is 0.336 e. The van der Waals surface area contributed by atoms with E-state index in [2.05, 4.69) is 5.10 Å². The van der Waals surface area contributed by atoms with Crippen molar-refractivity contribution in [2.24, 2.45) is 0 Å². The normalized spacial score (nSPS) is 10.7. The molecule has 0 spiro atoms. The Labute approximate surface area is 173 Å². The lowest BCUT2D eigenvalue weighted by Crippen LogP contribution is -2.28. The molecule has 7 heteroatoms. The number of carbonyl (C=O) groups excluding carboxylic acids is 2. The third-order valence-corrected chi connectivity index (χ3v) is 4.92. The average molecular weight is 416 g/mol. The van der Waals surface area contributed by atoms with E-state index < -0.39 is 0 Å². The number of hydrogen-bond donors (Lipinski definition) is 0. The predicted molar refractivity (Wildman–Crippen MR) is 110 cm³/mol. The molecular formula is C21H19Cl2N3O2. The van der Waals surface area contributed by atoms with Gasteiger partial charge >= 0.3 is 0 Å². The SMILES string of the molecule is CCn1cc(Cl)c(CN(C)C(=O)c2ccccc2C(=O)c2ccc(Cl)cc2)n1.